The van der Waals surface area contributed by atoms with Crippen molar-refractivity contribution in [3.05, 3.63) is 11.9 Å². The number of piperidine rings is 1. The van der Waals surface area contributed by atoms with Gasteiger partial charge in [0.15, 0.2) is 0 Å². The zero-order valence-electron chi connectivity index (χ0n) is 10.6. The molecule has 94 valence electrons. The first-order valence-corrected chi connectivity index (χ1v) is 6.29. The molecule has 5 heteroatoms. The molecule has 2 heterocycles. The van der Waals surface area contributed by atoms with Crippen molar-refractivity contribution in [3.63, 3.8) is 0 Å². The minimum atomic E-state index is 0.349. The maximum absolute atomic E-state index is 5.91. The van der Waals surface area contributed by atoms with Crippen LogP contribution in [0, 0.1) is 6.92 Å². The van der Waals surface area contributed by atoms with Gasteiger partial charge in [-0.05, 0) is 26.7 Å². The van der Waals surface area contributed by atoms with Crippen molar-refractivity contribution in [2.45, 2.75) is 32.7 Å². The first kappa shape index (κ1) is 12.1. The molecule has 1 aromatic heterocycles. The van der Waals surface area contributed by atoms with Crippen molar-refractivity contribution in [2.75, 3.05) is 29.9 Å². The van der Waals surface area contributed by atoms with Crippen molar-refractivity contribution in [1.29, 1.82) is 0 Å². The molecule has 0 aromatic carbocycles. The fraction of sp³-hybridized carbons (Fsp3) is 0.667. The summed E-state index contributed by atoms with van der Waals surface area (Å²) in [4.78, 5) is 11.1. The van der Waals surface area contributed by atoms with Crippen LogP contribution in [0.15, 0.2) is 6.07 Å². The number of rotatable bonds is 3. The lowest BCUT2D eigenvalue weighted by molar-refractivity contribution is 0.498. The van der Waals surface area contributed by atoms with Gasteiger partial charge in [0.05, 0.1) is 0 Å². The zero-order valence-corrected chi connectivity index (χ0v) is 10.6. The van der Waals surface area contributed by atoms with E-state index in [9.17, 15) is 0 Å². The summed E-state index contributed by atoms with van der Waals surface area (Å²) in [6, 6.07) is 2.37. The molecule has 3 N–H and O–H groups in total. The van der Waals surface area contributed by atoms with Crippen LogP contribution in [0.5, 0.6) is 0 Å². The van der Waals surface area contributed by atoms with Crippen molar-refractivity contribution in [2.24, 2.45) is 5.73 Å². The van der Waals surface area contributed by atoms with E-state index in [1.165, 1.54) is 0 Å². The molecule has 0 atom stereocenters. The molecule has 0 bridgehead atoms. The molecule has 0 radical (unpaired) electrons. The largest absolute Gasteiger partial charge is 0.370 e. The molecule has 1 aliphatic heterocycles. The number of hydrogen-bond donors (Lipinski definition) is 2. The summed E-state index contributed by atoms with van der Waals surface area (Å²) in [5.41, 5.74) is 5.91. The van der Waals surface area contributed by atoms with Gasteiger partial charge in [0.25, 0.3) is 0 Å². The standard InChI is InChI=1S/C12H21N5/c1-3-14-11-8-12(16-9(2)15-11)17-6-4-10(13)5-7-17/h8,10H,3-7,13H2,1-2H3,(H,14,15,16). The summed E-state index contributed by atoms with van der Waals surface area (Å²) < 4.78 is 0. The molecule has 2 rings (SSSR count). The van der Waals surface area contributed by atoms with Gasteiger partial charge in [0.2, 0.25) is 0 Å². The fourth-order valence-corrected chi connectivity index (χ4v) is 2.11. The van der Waals surface area contributed by atoms with Gasteiger partial charge in [-0.2, -0.15) is 0 Å². The summed E-state index contributed by atoms with van der Waals surface area (Å²) in [7, 11) is 0. The molecule has 0 amide bonds. The van der Waals surface area contributed by atoms with Crippen LogP contribution < -0.4 is 16.0 Å². The Labute approximate surface area is 102 Å². The highest BCUT2D eigenvalue weighted by Gasteiger charge is 2.18. The molecular formula is C12H21N5. The molecule has 0 spiro atoms. The van der Waals surface area contributed by atoms with Crippen molar-refractivity contribution in [3.8, 4) is 0 Å². The molecule has 17 heavy (non-hydrogen) atoms. The predicted molar refractivity (Wildman–Crippen MR) is 70.4 cm³/mol. The summed E-state index contributed by atoms with van der Waals surface area (Å²) in [5, 5.41) is 3.23. The summed E-state index contributed by atoms with van der Waals surface area (Å²) in [6.07, 6.45) is 2.08. The second-order valence-corrected chi connectivity index (χ2v) is 4.51. The number of nitrogens with two attached hydrogens (primary N) is 1. The van der Waals surface area contributed by atoms with E-state index in [2.05, 4.69) is 27.1 Å². The lowest BCUT2D eigenvalue weighted by Crippen LogP contribution is -2.40. The average molecular weight is 235 g/mol. The molecule has 5 nitrogen and oxygen atoms in total. The Balaban J connectivity index is 2.14. The Morgan fingerprint density at radius 1 is 1.41 bits per heavy atom. The number of aryl methyl sites for hydroxylation is 1. The lowest BCUT2D eigenvalue weighted by atomic mass is 10.1. The number of anilines is 2. The van der Waals surface area contributed by atoms with Crippen LogP contribution in [-0.4, -0.2) is 35.6 Å². The van der Waals surface area contributed by atoms with Crippen LogP contribution in [-0.2, 0) is 0 Å². The van der Waals surface area contributed by atoms with E-state index >= 15 is 0 Å². The fourth-order valence-electron chi connectivity index (χ4n) is 2.11. The van der Waals surface area contributed by atoms with Gasteiger partial charge in [0.1, 0.15) is 17.5 Å². The lowest BCUT2D eigenvalue weighted by Gasteiger charge is -2.31. The molecule has 0 aliphatic carbocycles. The van der Waals surface area contributed by atoms with Crippen LogP contribution in [0.25, 0.3) is 0 Å². The first-order chi connectivity index (χ1) is 8.19. The highest BCUT2D eigenvalue weighted by atomic mass is 15.2. The monoisotopic (exact) mass is 235 g/mol. The number of aromatic nitrogens is 2. The quantitative estimate of drug-likeness (QED) is 0.822. The predicted octanol–water partition coefficient (Wildman–Crippen LogP) is 1.14. The van der Waals surface area contributed by atoms with Crippen molar-refractivity contribution < 1.29 is 0 Å². The van der Waals surface area contributed by atoms with Crippen LogP contribution >= 0.6 is 0 Å². The van der Waals surface area contributed by atoms with E-state index in [4.69, 9.17) is 5.73 Å². The van der Waals surface area contributed by atoms with Gasteiger partial charge in [0, 0.05) is 31.7 Å². The van der Waals surface area contributed by atoms with E-state index in [-0.39, 0.29) is 0 Å². The molecule has 1 fully saturated rings. The minimum Gasteiger partial charge on any atom is -0.370 e. The van der Waals surface area contributed by atoms with Crippen LogP contribution in [0.3, 0.4) is 0 Å². The Bertz CT molecular complexity index is 371. The van der Waals surface area contributed by atoms with Crippen LogP contribution in [0.2, 0.25) is 0 Å². The zero-order chi connectivity index (χ0) is 12.3. The minimum absolute atomic E-state index is 0.349. The molecule has 0 unspecified atom stereocenters. The third kappa shape index (κ3) is 3.06. The topological polar surface area (TPSA) is 67.1 Å². The highest BCUT2D eigenvalue weighted by Crippen LogP contribution is 2.19. The van der Waals surface area contributed by atoms with E-state index in [0.717, 1.165) is 49.9 Å². The van der Waals surface area contributed by atoms with E-state index in [1.807, 2.05) is 13.0 Å². The summed E-state index contributed by atoms with van der Waals surface area (Å²) in [5.74, 6) is 2.73. The third-order valence-electron chi connectivity index (χ3n) is 3.05. The maximum Gasteiger partial charge on any atom is 0.134 e. The number of hydrogen-bond acceptors (Lipinski definition) is 5. The average Bonchev–Trinajstić information content (AvgIpc) is 2.29. The second kappa shape index (κ2) is 5.31. The molecular weight excluding hydrogens is 214 g/mol. The first-order valence-electron chi connectivity index (χ1n) is 6.29. The molecule has 0 saturated carbocycles. The van der Waals surface area contributed by atoms with Gasteiger partial charge in [-0.3, -0.25) is 0 Å². The molecule has 1 aliphatic rings. The number of nitrogens with zero attached hydrogens (tertiary/aromatic N) is 3. The Morgan fingerprint density at radius 3 is 2.76 bits per heavy atom. The smallest absolute Gasteiger partial charge is 0.134 e. The Kier molecular flexibility index (Phi) is 3.78. The second-order valence-electron chi connectivity index (χ2n) is 4.51. The summed E-state index contributed by atoms with van der Waals surface area (Å²) in [6.45, 7) is 6.85. The van der Waals surface area contributed by atoms with E-state index in [0.29, 0.717) is 6.04 Å². The van der Waals surface area contributed by atoms with Crippen molar-refractivity contribution >= 4 is 11.6 Å². The van der Waals surface area contributed by atoms with Gasteiger partial charge < -0.3 is 16.0 Å². The Morgan fingerprint density at radius 2 is 2.12 bits per heavy atom. The van der Waals surface area contributed by atoms with Crippen molar-refractivity contribution in [1.82, 2.24) is 9.97 Å². The van der Waals surface area contributed by atoms with Crippen LogP contribution in [0.4, 0.5) is 11.6 Å². The van der Waals surface area contributed by atoms with Gasteiger partial charge >= 0.3 is 0 Å². The maximum atomic E-state index is 5.91. The SMILES string of the molecule is CCNc1cc(N2CCC(N)CC2)nc(C)n1. The molecule has 1 aromatic rings. The van der Waals surface area contributed by atoms with E-state index < -0.39 is 0 Å². The van der Waals surface area contributed by atoms with Gasteiger partial charge in [-0.25, -0.2) is 9.97 Å². The van der Waals surface area contributed by atoms with Gasteiger partial charge in [-0.15, -0.1) is 0 Å². The third-order valence-corrected chi connectivity index (χ3v) is 3.05. The normalized spacial score (nSPS) is 17.2. The van der Waals surface area contributed by atoms with E-state index in [1.54, 1.807) is 0 Å². The number of nitrogens with one attached hydrogen (secondary N) is 1. The summed E-state index contributed by atoms with van der Waals surface area (Å²) >= 11 is 0. The highest BCUT2D eigenvalue weighted by molar-refractivity contribution is 5.49. The molecule has 1 saturated heterocycles. The Hall–Kier alpha value is -1.36. The van der Waals surface area contributed by atoms with Gasteiger partial charge in [-0.1, -0.05) is 0 Å². The van der Waals surface area contributed by atoms with Crippen LogP contribution in [0.1, 0.15) is 25.6 Å².